The molecule has 0 spiro atoms. The molecule has 25 heavy (non-hydrogen) atoms. The van der Waals surface area contributed by atoms with E-state index in [-0.39, 0.29) is 11.7 Å². The monoisotopic (exact) mass is 333 g/mol. The van der Waals surface area contributed by atoms with E-state index in [9.17, 15) is 9.59 Å². The number of carbonyl (C=O) groups is 2. The lowest BCUT2D eigenvalue weighted by Gasteiger charge is -2.11. The summed E-state index contributed by atoms with van der Waals surface area (Å²) in [5.74, 6) is -0.0391. The van der Waals surface area contributed by atoms with Gasteiger partial charge in [0.15, 0.2) is 5.78 Å². The lowest BCUT2D eigenvalue weighted by atomic mass is 9.95. The number of hydrogen-bond acceptors (Lipinski definition) is 2. The fourth-order valence-electron chi connectivity index (χ4n) is 2.68. The topological polar surface area (TPSA) is 37.4 Å². The Hall–Kier alpha value is -2.94. The Labute approximate surface area is 149 Å². The van der Waals surface area contributed by atoms with Gasteiger partial charge in [0.05, 0.1) is 0 Å². The molecule has 0 saturated heterocycles. The van der Waals surface area contributed by atoms with Crippen molar-refractivity contribution in [1.82, 2.24) is 4.90 Å². The molecule has 1 amide bonds. The molecule has 3 heteroatoms. The second kappa shape index (κ2) is 7.75. The van der Waals surface area contributed by atoms with Crippen LogP contribution in [0, 0.1) is 0 Å². The number of allylic oxidation sites excluding steroid dienone is 9. The van der Waals surface area contributed by atoms with E-state index in [2.05, 4.69) is 6.58 Å². The molecule has 2 rings (SSSR count). The highest BCUT2D eigenvalue weighted by Gasteiger charge is 2.12. The van der Waals surface area contributed by atoms with Crippen molar-refractivity contribution in [3.63, 3.8) is 0 Å². The van der Waals surface area contributed by atoms with Gasteiger partial charge in [-0.15, -0.1) is 0 Å². The van der Waals surface area contributed by atoms with Crippen molar-refractivity contribution >= 4 is 17.3 Å². The Morgan fingerprint density at radius 1 is 1.12 bits per heavy atom. The van der Waals surface area contributed by atoms with E-state index in [0.717, 1.165) is 22.3 Å². The van der Waals surface area contributed by atoms with Crippen molar-refractivity contribution in [3.05, 3.63) is 89.1 Å². The number of Topliss-reactive ketones (excluding diaryl/α,β-unsaturated/α-hetero) is 1. The molecule has 3 nitrogen and oxygen atoms in total. The second-order valence-corrected chi connectivity index (χ2v) is 6.17. The van der Waals surface area contributed by atoms with Crippen LogP contribution < -0.4 is 0 Å². The van der Waals surface area contributed by atoms with Crippen molar-refractivity contribution in [2.24, 2.45) is 0 Å². The van der Waals surface area contributed by atoms with Gasteiger partial charge in [0.25, 0.3) is 5.91 Å². The molecule has 1 aromatic rings. The largest absolute Gasteiger partial charge is 0.345 e. The summed E-state index contributed by atoms with van der Waals surface area (Å²) in [7, 11) is 3.47. The smallest absolute Gasteiger partial charge is 0.253 e. The minimum Gasteiger partial charge on any atom is -0.345 e. The summed E-state index contributed by atoms with van der Waals surface area (Å²) >= 11 is 0. The first-order chi connectivity index (χ1) is 11.8. The molecule has 0 heterocycles. The van der Waals surface area contributed by atoms with E-state index in [0.29, 0.717) is 11.1 Å². The summed E-state index contributed by atoms with van der Waals surface area (Å²) in [6.07, 6.45) is 9.55. The first-order valence-electron chi connectivity index (χ1n) is 8.12. The molecule has 0 aromatic heterocycles. The molecule has 0 N–H and O–H groups in total. The third-order valence-electron chi connectivity index (χ3n) is 4.09. The normalized spacial score (nSPS) is 15.7. The molecule has 0 bridgehead atoms. The molecule has 1 aliphatic carbocycles. The van der Waals surface area contributed by atoms with Gasteiger partial charge in [0.1, 0.15) is 0 Å². The van der Waals surface area contributed by atoms with E-state index < -0.39 is 0 Å². The van der Waals surface area contributed by atoms with Gasteiger partial charge in [-0.25, -0.2) is 0 Å². The van der Waals surface area contributed by atoms with Crippen molar-refractivity contribution in [1.29, 1.82) is 0 Å². The van der Waals surface area contributed by atoms with Crippen LogP contribution >= 0.6 is 0 Å². The summed E-state index contributed by atoms with van der Waals surface area (Å²) in [4.78, 5) is 25.5. The van der Waals surface area contributed by atoms with Crippen LogP contribution in [0.1, 0.15) is 29.8 Å². The quantitative estimate of drug-likeness (QED) is 0.768. The number of ketones is 1. The van der Waals surface area contributed by atoms with Gasteiger partial charge in [0, 0.05) is 25.2 Å². The number of benzene rings is 1. The van der Waals surface area contributed by atoms with Gasteiger partial charge in [-0.3, -0.25) is 9.59 Å². The lowest BCUT2D eigenvalue weighted by Crippen LogP contribution is -2.21. The van der Waals surface area contributed by atoms with Crippen LogP contribution in [0.15, 0.2) is 77.9 Å². The van der Waals surface area contributed by atoms with E-state index in [4.69, 9.17) is 0 Å². The zero-order valence-corrected chi connectivity index (χ0v) is 15.2. The number of hydrogen-bond donors (Lipinski definition) is 0. The van der Waals surface area contributed by atoms with Gasteiger partial charge in [0.2, 0.25) is 0 Å². The molecular formula is C22H23NO2. The second-order valence-electron chi connectivity index (χ2n) is 6.17. The maximum atomic E-state index is 12.0. The highest BCUT2D eigenvalue weighted by Crippen LogP contribution is 2.27. The Morgan fingerprint density at radius 3 is 2.28 bits per heavy atom. The third-order valence-corrected chi connectivity index (χ3v) is 4.09. The first kappa shape index (κ1) is 18.4. The van der Waals surface area contributed by atoms with Gasteiger partial charge < -0.3 is 4.90 Å². The molecule has 128 valence electrons. The Bertz CT molecular complexity index is 831. The van der Waals surface area contributed by atoms with Crippen LogP contribution in [0.2, 0.25) is 0 Å². The van der Waals surface area contributed by atoms with Gasteiger partial charge in [-0.2, -0.15) is 0 Å². The Kier molecular flexibility index (Phi) is 5.71. The fourth-order valence-corrected chi connectivity index (χ4v) is 2.68. The first-order valence-corrected chi connectivity index (χ1v) is 8.12. The van der Waals surface area contributed by atoms with Crippen molar-refractivity contribution in [2.75, 3.05) is 14.1 Å². The maximum Gasteiger partial charge on any atom is 0.253 e. The van der Waals surface area contributed by atoms with Gasteiger partial charge in [-0.05, 0) is 54.3 Å². The van der Waals surface area contributed by atoms with E-state index in [1.54, 1.807) is 32.0 Å². The summed E-state index contributed by atoms with van der Waals surface area (Å²) in [6, 6.07) is 7.49. The average Bonchev–Trinajstić information content (AvgIpc) is 2.77. The number of rotatable bonds is 4. The molecule has 0 unspecified atom stereocenters. The minimum absolute atomic E-state index is 0.0119. The highest BCUT2D eigenvalue weighted by molar-refractivity contribution is 5.99. The number of amides is 1. The van der Waals surface area contributed by atoms with Gasteiger partial charge in [-0.1, -0.05) is 43.0 Å². The molecule has 0 aliphatic heterocycles. The van der Waals surface area contributed by atoms with E-state index >= 15 is 0 Å². The standard InChI is InChI=1S/C22H23NO2/c1-6-20(16(3)24)21-14-19(9-7-8-15(21)2)17-10-12-18(13-11-17)22(25)23(4)5/h6-14H,1H2,2-5H3/b21-20+. The van der Waals surface area contributed by atoms with Crippen LogP contribution in [0.25, 0.3) is 5.57 Å². The number of carbonyl (C=O) groups excluding carboxylic acids is 2. The van der Waals surface area contributed by atoms with Crippen molar-refractivity contribution in [2.45, 2.75) is 13.8 Å². The zero-order valence-electron chi connectivity index (χ0n) is 15.2. The SMILES string of the molecule is C=C/C(C(C)=O)=C1/C=C(c2ccc(C(=O)N(C)C)cc2)C=CC=C1C. The summed E-state index contributed by atoms with van der Waals surface area (Å²) in [5, 5.41) is 0. The fraction of sp³-hybridized carbons (Fsp3) is 0.182. The predicted octanol–water partition coefficient (Wildman–Crippen LogP) is 4.36. The van der Waals surface area contributed by atoms with Crippen LogP contribution in [0.4, 0.5) is 0 Å². The van der Waals surface area contributed by atoms with E-state index in [1.807, 2.05) is 55.5 Å². The maximum absolute atomic E-state index is 12.0. The minimum atomic E-state index is -0.0273. The summed E-state index contributed by atoms with van der Waals surface area (Å²) < 4.78 is 0. The van der Waals surface area contributed by atoms with Crippen LogP contribution in [-0.2, 0) is 4.79 Å². The third kappa shape index (κ3) is 4.13. The number of nitrogens with zero attached hydrogens (tertiary/aromatic N) is 1. The van der Waals surface area contributed by atoms with Crippen molar-refractivity contribution in [3.8, 4) is 0 Å². The van der Waals surface area contributed by atoms with Gasteiger partial charge >= 0.3 is 0 Å². The van der Waals surface area contributed by atoms with Crippen LogP contribution in [0.3, 0.4) is 0 Å². The lowest BCUT2D eigenvalue weighted by molar-refractivity contribution is -0.113. The molecule has 1 aliphatic rings. The molecule has 1 aromatic carbocycles. The molecular weight excluding hydrogens is 310 g/mol. The molecule has 0 radical (unpaired) electrons. The molecule has 0 saturated carbocycles. The predicted molar refractivity (Wildman–Crippen MR) is 103 cm³/mol. The molecule has 0 fully saturated rings. The zero-order chi connectivity index (χ0) is 18.6. The summed E-state index contributed by atoms with van der Waals surface area (Å²) in [5.41, 5.74) is 5.10. The van der Waals surface area contributed by atoms with Crippen LogP contribution in [0.5, 0.6) is 0 Å². The Balaban J connectivity index is 2.50. The Morgan fingerprint density at radius 2 is 1.76 bits per heavy atom. The molecule has 0 atom stereocenters. The van der Waals surface area contributed by atoms with Crippen LogP contribution in [-0.4, -0.2) is 30.7 Å². The average molecular weight is 333 g/mol. The van der Waals surface area contributed by atoms with Crippen molar-refractivity contribution < 1.29 is 9.59 Å². The summed E-state index contributed by atoms with van der Waals surface area (Å²) in [6.45, 7) is 7.29. The van der Waals surface area contributed by atoms with E-state index in [1.165, 1.54) is 0 Å². The highest BCUT2D eigenvalue weighted by atomic mass is 16.2.